The number of nitrogens with zero attached hydrogens (tertiary/aromatic N) is 3. The summed E-state index contributed by atoms with van der Waals surface area (Å²) in [5.41, 5.74) is 4.91. The molecule has 27 heavy (non-hydrogen) atoms. The Morgan fingerprint density at radius 1 is 1.22 bits per heavy atom. The van der Waals surface area contributed by atoms with Crippen molar-refractivity contribution in [1.82, 2.24) is 14.8 Å². The molecule has 2 aliphatic rings. The second kappa shape index (κ2) is 7.63. The van der Waals surface area contributed by atoms with Crippen molar-refractivity contribution in [2.45, 2.75) is 31.8 Å². The number of fused-ring (bicyclic) bond motifs is 2. The topological polar surface area (TPSA) is 36.4 Å². The van der Waals surface area contributed by atoms with Crippen LogP contribution in [-0.4, -0.2) is 53.3 Å². The van der Waals surface area contributed by atoms with Gasteiger partial charge in [-0.15, -0.1) is 0 Å². The van der Waals surface area contributed by atoms with Gasteiger partial charge in [0.1, 0.15) is 5.78 Å². The standard InChI is InChI=1S/C21H23BrClN3O/c1-13(27)19-12-26(8-7-25(19)2)21-18-6-5-17(23)10-14(18)3-4-15-9-16(22)11-24-20(15)21/h5-6,9-11,19,21H,3-4,7-8,12H2,1-2H3/t19-,21-/m1/s1. The van der Waals surface area contributed by atoms with E-state index in [0.717, 1.165) is 47.7 Å². The number of pyridine rings is 1. The SMILES string of the molecule is CC(=O)[C@H]1CN([C@@H]2c3ccc(Cl)cc3CCc3cc(Br)cnc32)CCN1C. The zero-order valence-electron chi connectivity index (χ0n) is 15.6. The van der Waals surface area contributed by atoms with Crippen LogP contribution in [0.25, 0.3) is 0 Å². The molecule has 0 spiro atoms. The second-order valence-electron chi connectivity index (χ2n) is 7.55. The fourth-order valence-electron chi connectivity index (χ4n) is 4.35. The first-order valence-corrected chi connectivity index (χ1v) is 10.5. The summed E-state index contributed by atoms with van der Waals surface area (Å²) in [6, 6.07) is 8.36. The molecule has 2 heterocycles. The Morgan fingerprint density at radius 3 is 2.78 bits per heavy atom. The van der Waals surface area contributed by atoms with E-state index in [1.165, 1.54) is 16.7 Å². The van der Waals surface area contributed by atoms with E-state index in [9.17, 15) is 4.79 Å². The normalized spacial score (nSPS) is 23.4. The number of hydrogen-bond acceptors (Lipinski definition) is 4. The molecule has 2 atom stereocenters. The average Bonchev–Trinajstić information content (AvgIpc) is 2.78. The lowest BCUT2D eigenvalue weighted by Crippen LogP contribution is -2.55. The van der Waals surface area contributed by atoms with Crippen molar-refractivity contribution in [2.24, 2.45) is 0 Å². The number of halogens is 2. The molecular formula is C21H23BrClN3O. The molecular weight excluding hydrogens is 426 g/mol. The smallest absolute Gasteiger partial charge is 0.148 e. The van der Waals surface area contributed by atoms with Gasteiger partial charge in [0.2, 0.25) is 0 Å². The maximum atomic E-state index is 12.2. The van der Waals surface area contributed by atoms with Crippen molar-refractivity contribution in [3.63, 3.8) is 0 Å². The van der Waals surface area contributed by atoms with E-state index in [0.29, 0.717) is 0 Å². The van der Waals surface area contributed by atoms with Crippen LogP contribution in [0.1, 0.15) is 35.3 Å². The highest BCUT2D eigenvalue weighted by Gasteiger charge is 2.36. The molecule has 0 unspecified atom stereocenters. The first kappa shape index (κ1) is 19.1. The van der Waals surface area contributed by atoms with E-state index in [4.69, 9.17) is 16.6 Å². The third-order valence-corrected chi connectivity index (χ3v) is 6.47. The molecule has 0 saturated carbocycles. The molecule has 4 nitrogen and oxygen atoms in total. The number of rotatable bonds is 2. The van der Waals surface area contributed by atoms with Crippen LogP contribution in [0, 0.1) is 0 Å². The molecule has 1 aliphatic carbocycles. The number of likely N-dealkylation sites (N-methyl/N-ethyl adjacent to an activating group) is 1. The van der Waals surface area contributed by atoms with E-state index in [1.54, 1.807) is 6.92 Å². The first-order chi connectivity index (χ1) is 12.9. The van der Waals surface area contributed by atoms with Gasteiger partial charge in [-0.1, -0.05) is 17.7 Å². The Morgan fingerprint density at radius 2 is 2.00 bits per heavy atom. The number of carbonyl (C=O) groups excluding carboxylic acids is 1. The van der Waals surface area contributed by atoms with E-state index < -0.39 is 0 Å². The lowest BCUT2D eigenvalue weighted by atomic mass is 9.95. The van der Waals surface area contributed by atoms with Gasteiger partial charge < -0.3 is 0 Å². The third kappa shape index (κ3) is 3.70. The van der Waals surface area contributed by atoms with E-state index in [-0.39, 0.29) is 17.9 Å². The number of hydrogen-bond donors (Lipinski definition) is 0. The van der Waals surface area contributed by atoms with Gasteiger partial charge in [0.05, 0.1) is 17.8 Å². The van der Waals surface area contributed by atoms with Gasteiger partial charge in [0.15, 0.2) is 0 Å². The van der Waals surface area contributed by atoms with Crippen LogP contribution in [0.3, 0.4) is 0 Å². The average molecular weight is 449 g/mol. The minimum Gasteiger partial charge on any atom is -0.298 e. The predicted molar refractivity (Wildman–Crippen MR) is 111 cm³/mol. The number of Topliss-reactive ketones (excluding diaryl/α,β-unsaturated/α-hetero) is 1. The maximum absolute atomic E-state index is 12.2. The van der Waals surface area contributed by atoms with Crippen molar-refractivity contribution in [3.05, 3.63) is 62.3 Å². The van der Waals surface area contributed by atoms with Gasteiger partial charge in [0.25, 0.3) is 0 Å². The zero-order valence-corrected chi connectivity index (χ0v) is 17.9. The zero-order chi connectivity index (χ0) is 19.1. The van der Waals surface area contributed by atoms with Gasteiger partial charge in [-0.25, -0.2) is 0 Å². The van der Waals surface area contributed by atoms with Crippen LogP contribution < -0.4 is 0 Å². The van der Waals surface area contributed by atoms with Gasteiger partial charge in [-0.2, -0.15) is 0 Å². The number of piperazine rings is 1. The molecule has 1 aliphatic heterocycles. The van der Waals surface area contributed by atoms with Gasteiger partial charge in [0, 0.05) is 35.3 Å². The summed E-state index contributed by atoms with van der Waals surface area (Å²) in [5, 5.41) is 0.771. The molecule has 1 aromatic carbocycles. The van der Waals surface area contributed by atoms with Crippen LogP contribution >= 0.6 is 27.5 Å². The number of aromatic nitrogens is 1. The van der Waals surface area contributed by atoms with Crippen LogP contribution in [0.15, 0.2) is 34.9 Å². The molecule has 1 fully saturated rings. The fourth-order valence-corrected chi connectivity index (χ4v) is 4.92. The largest absolute Gasteiger partial charge is 0.298 e. The quantitative estimate of drug-likeness (QED) is 0.698. The first-order valence-electron chi connectivity index (χ1n) is 9.31. The number of carbonyl (C=O) groups is 1. The number of benzene rings is 1. The highest BCUT2D eigenvalue weighted by Crippen LogP contribution is 2.38. The summed E-state index contributed by atoms with van der Waals surface area (Å²) in [7, 11) is 2.04. The van der Waals surface area contributed by atoms with Crippen molar-refractivity contribution >= 4 is 33.3 Å². The monoisotopic (exact) mass is 447 g/mol. The van der Waals surface area contributed by atoms with E-state index in [1.807, 2.05) is 19.3 Å². The van der Waals surface area contributed by atoms with Gasteiger partial charge >= 0.3 is 0 Å². The number of ketones is 1. The lowest BCUT2D eigenvalue weighted by Gasteiger charge is -2.42. The van der Waals surface area contributed by atoms with E-state index in [2.05, 4.69) is 43.9 Å². The molecule has 2 aromatic rings. The second-order valence-corrected chi connectivity index (χ2v) is 8.90. The summed E-state index contributed by atoms with van der Waals surface area (Å²) >= 11 is 9.86. The Bertz CT molecular complexity index is 834. The number of aryl methyl sites for hydroxylation is 2. The molecule has 142 valence electrons. The highest BCUT2D eigenvalue weighted by atomic mass is 79.9. The molecule has 1 aromatic heterocycles. The minimum absolute atomic E-state index is 0.0541. The lowest BCUT2D eigenvalue weighted by molar-refractivity contribution is -0.124. The Balaban J connectivity index is 1.82. The minimum atomic E-state index is -0.0725. The van der Waals surface area contributed by atoms with Crippen molar-refractivity contribution in [2.75, 3.05) is 26.7 Å². The summed E-state index contributed by atoms with van der Waals surface area (Å²) < 4.78 is 1.00. The third-order valence-electron chi connectivity index (χ3n) is 5.80. The molecule has 6 heteroatoms. The summed E-state index contributed by atoms with van der Waals surface area (Å²) in [5.74, 6) is 0.219. The van der Waals surface area contributed by atoms with Crippen LogP contribution in [0.5, 0.6) is 0 Å². The summed E-state index contributed by atoms with van der Waals surface area (Å²) in [4.78, 5) is 21.6. The molecule has 0 bridgehead atoms. The Kier molecular flexibility index (Phi) is 5.39. The Labute approximate surface area is 173 Å². The van der Waals surface area contributed by atoms with Crippen molar-refractivity contribution in [3.8, 4) is 0 Å². The molecule has 1 saturated heterocycles. The summed E-state index contributed by atoms with van der Waals surface area (Å²) in [6.45, 7) is 4.18. The maximum Gasteiger partial charge on any atom is 0.148 e. The molecule has 0 N–H and O–H groups in total. The Hall–Kier alpha value is -1.27. The predicted octanol–water partition coefficient (Wildman–Crippen LogP) is 3.89. The van der Waals surface area contributed by atoms with Crippen molar-refractivity contribution in [1.29, 1.82) is 0 Å². The molecule has 0 amide bonds. The van der Waals surface area contributed by atoms with Crippen LogP contribution in [-0.2, 0) is 17.6 Å². The van der Waals surface area contributed by atoms with Gasteiger partial charge in [-0.05, 0) is 77.6 Å². The fraction of sp³-hybridized carbons (Fsp3) is 0.429. The molecule has 4 rings (SSSR count). The van der Waals surface area contributed by atoms with Gasteiger partial charge in [-0.3, -0.25) is 19.6 Å². The summed E-state index contributed by atoms with van der Waals surface area (Å²) in [6.07, 6.45) is 3.77. The molecule has 0 radical (unpaired) electrons. The highest BCUT2D eigenvalue weighted by molar-refractivity contribution is 9.10. The van der Waals surface area contributed by atoms with Crippen LogP contribution in [0.2, 0.25) is 5.02 Å². The van der Waals surface area contributed by atoms with Crippen LogP contribution in [0.4, 0.5) is 0 Å². The van der Waals surface area contributed by atoms with Crippen molar-refractivity contribution < 1.29 is 4.79 Å². The van der Waals surface area contributed by atoms with E-state index >= 15 is 0 Å².